The summed E-state index contributed by atoms with van der Waals surface area (Å²) in [5, 5.41) is 8.41. The Hall–Kier alpha value is -3.76. The van der Waals surface area contributed by atoms with Gasteiger partial charge in [0.2, 0.25) is 0 Å². The number of ether oxygens (including phenoxy) is 1. The summed E-state index contributed by atoms with van der Waals surface area (Å²) in [4.78, 5) is 13.5. The fraction of sp³-hybridized carbons (Fsp3) is 0.516. The maximum absolute atomic E-state index is 14.8. The Morgan fingerprint density at radius 1 is 0.875 bits per heavy atom. The van der Waals surface area contributed by atoms with Crippen LogP contribution in [0, 0.1) is 5.82 Å². The van der Waals surface area contributed by atoms with Crippen molar-refractivity contribution in [2.24, 2.45) is 0 Å². The molecule has 262 valence electrons. The Morgan fingerprint density at radius 2 is 1.42 bits per heavy atom. The van der Waals surface area contributed by atoms with E-state index in [9.17, 15) is 48.3 Å². The van der Waals surface area contributed by atoms with E-state index in [-0.39, 0.29) is 48.1 Å². The molecule has 2 aromatic carbocycles. The summed E-state index contributed by atoms with van der Waals surface area (Å²) in [5.74, 6) is -0.834. The van der Waals surface area contributed by atoms with Crippen molar-refractivity contribution < 1.29 is 53.1 Å². The molecule has 3 aromatic rings. The van der Waals surface area contributed by atoms with Crippen LogP contribution in [-0.2, 0) is 25.0 Å². The van der Waals surface area contributed by atoms with Gasteiger partial charge in [-0.2, -0.15) is 26.3 Å². The number of nitrogens with zero attached hydrogens (tertiary/aromatic N) is 4. The number of carbonyl (C=O) groups excluding carboxylic acids is 1. The molecule has 2 heterocycles. The van der Waals surface area contributed by atoms with Gasteiger partial charge >= 0.3 is 24.1 Å². The van der Waals surface area contributed by atoms with Gasteiger partial charge in [-0.3, -0.25) is 0 Å². The molecule has 0 radical (unpaired) electrons. The Balaban J connectivity index is 1.41. The first-order chi connectivity index (χ1) is 22.1. The second kappa shape index (κ2) is 12.0. The molecule has 17 heteroatoms. The van der Waals surface area contributed by atoms with Gasteiger partial charge in [0, 0.05) is 30.8 Å². The van der Waals surface area contributed by atoms with E-state index in [4.69, 9.17) is 4.74 Å². The number of amides is 1. The van der Waals surface area contributed by atoms with Crippen molar-refractivity contribution in [2.45, 2.75) is 91.7 Å². The maximum Gasteiger partial charge on any atom is 0.435 e. The summed E-state index contributed by atoms with van der Waals surface area (Å²) in [6, 6.07) is 5.64. The van der Waals surface area contributed by atoms with Crippen molar-refractivity contribution >= 4 is 15.9 Å². The van der Waals surface area contributed by atoms with E-state index < -0.39 is 55.7 Å². The maximum atomic E-state index is 14.8. The van der Waals surface area contributed by atoms with E-state index in [1.807, 2.05) is 0 Å². The highest BCUT2D eigenvalue weighted by Gasteiger charge is 2.73. The minimum Gasteiger partial charge on any atom is -0.444 e. The molecule has 5 rings (SSSR count). The molecule has 2 fully saturated rings. The first kappa shape index (κ1) is 35.5. The second-order valence-electron chi connectivity index (χ2n) is 13.1. The van der Waals surface area contributed by atoms with Crippen LogP contribution in [0.2, 0.25) is 0 Å². The average Bonchev–Trinajstić information content (AvgIpc) is 3.44. The standard InChI is InChI=1S/C31H32F8N4O4S/c1-27(2,3)47-26(44)42-16-19(17-42)25-18-43(41-40-25)23-12-14-28(15-13-23,48(45,46)24-10-8-22(32)9-11-24)20-4-6-21(7-5-20)29(33,30(34,35)36)31(37,38)39/h4-11,18-19,23H,12-17H2,1-3H3. The zero-order valence-electron chi connectivity index (χ0n) is 25.9. The number of likely N-dealkylation sites (tertiary alicyclic amines) is 1. The summed E-state index contributed by atoms with van der Waals surface area (Å²) < 4.78 is 142. The van der Waals surface area contributed by atoms with E-state index >= 15 is 0 Å². The molecular weight excluding hydrogens is 676 g/mol. The van der Waals surface area contributed by atoms with Gasteiger partial charge in [-0.05, 0) is 76.3 Å². The lowest BCUT2D eigenvalue weighted by molar-refractivity contribution is -0.348. The van der Waals surface area contributed by atoms with Crippen LogP contribution in [0.15, 0.2) is 59.6 Å². The predicted molar refractivity (Wildman–Crippen MR) is 155 cm³/mol. The van der Waals surface area contributed by atoms with Gasteiger partial charge < -0.3 is 9.64 Å². The minimum atomic E-state index is -6.34. The van der Waals surface area contributed by atoms with E-state index in [1.54, 1.807) is 31.6 Å². The van der Waals surface area contributed by atoms with Gasteiger partial charge in [0.05, 0.1) is 16.6 Å². The molecule has 0 unspecified atom stereocenters. The third kappa shape index (κ3) is 6.25. The first-order valence-corrected chi connectivity index (χ1v) is 16.4. The normalized spacial score (nSPS) is 21.6. The van der Waals surface area contributed by atoms with Crippen molar-refractivity contribution in [3.63, 3.8) is 0 Å². The van der Waals surface area contributed by atoms with E-state index in [1.165, 1.54) is 4.90 Å². The van der Waals surface area contributed by atoms with Crippen LogP contribution in [0.5, 0.6) is 0 Å². The Bertz CT molecular complexity index is 1720. The largest absolute Gasteiger partial charge is 0.444 e. The lowest BCUT2D eigenvalue weighted by Crippen LogP contribution is -2.50. The number of aromatic nitrogens is 3. The summed E-state index contributed by atoms with van der Waals surface area (Å²) in [5.41, 5.74) is -7.63. The second-order valence-corrected chi connectivity index (χ2v) is 15.4. The van der Waals surface area contributed by atoms with E-state index in [2.05, 4.69) is 10.3 Å². The molecule has 0 N–H and O–H groups in total. The van der Waals surface area contributed by atoms with Crippen molar-refractivity contribution in [2.75, 3.05) is 13.1 Å². The van der Waals surface area contributed by atoms with Crippen molar-refractivity contribution in [1.29, 1.82) is 0 Å². The van der Waals surface area contributed by atoms with Crippen molar-refractivity contribution in [3.05, 3.63) is 77.4 Å². The fourth-order valence-electron chi connectivity index (χ4n) is 6.17. The Kier molecular flexibility index (Phi) is 8.87. The topological polar surface area (TPSA) is 94.4 Å². The number of rotatable bonds is 6. The number of hydrogen-bond donors (Lipinski definition) is 0. The first-order valence-electron chi connectivity index (χ1n) is 14.9. The summed E-state index contributed by atoms with van der Waals surface area (Å²) in [6.45, 7) is 5.97. The van der Waals surface area contributed by atoms with Gasteiger partial charge in [0.1, 0.15) is 16.2 Å². The monoisotopic (exact) mass is 708 g/mol. The lowest BCUT2D eigenvalue weighted by Gasteiger charge is -2.40. The van der Waals surface area contributed by atoms with Crippen LogP contribution in [-0.4, -0.2) is 65.4 Å². The lowest BCUT2D eigenvalue weighted by atomic mass is 9.80. The molecular formula is C31H32F8N4O4S. The molecule has 1 amide bonds. The van der Waals surface area contributed by atoms with Gasteiger partial charge in [-0.25, -0.2) is 26.7 Å². The predicted octanol–water partition coefficient (Wildman–Crippen LogP) is 7.53. The number of benzene rings is 2. The van der Waals surface area contributed by atoms with Crippen molar-refractivity contribution in [1.82, 2.24) is 19.9 Å². The highest BCUT2D eigenvalue weighted by atomic mass is 32.2. The third-order valence-electron chi connectivity index (χ3n) is 8.84. The zero-order chi connectivity index (χ0) is 35.5. The van der Waals surface area contributed by atoms with Crippen LogP contribution in [0.4, 0.5) is 39.9 Å². The van der Waals surface area contributed by atoms with Gasteiger partial charge in [0.15, 0.2) is 9.84 Å². The summed E-state index contributed by atoms with van der Waals surface area (Å²) in [6.07, 6.45) is -11.5. The molecule has 8 nitrogen and oxygen atoms in total. The summed E-state index contributed by atoms with van der Waals surface area (Å²) >= 11 is 0. The summed E-state index contributed by atoms with van der Waals surface area (Å²) in [7, 11) is -4.43. The Labute approximate surface area is 271 Å². The molecule has 0 bridgehead atoms. The van der Waals surface area contributed by atoms with Crippen molar-refractivity contribution in [3.8, 4) is 0 Å². The number of hydrogen-bond acceptors (Lipinski definition) is 6. The van der Waals surface area contributed by atoms with Crippen LogP contribution in [0.25, 0.3) is 0 Å². The van der Waals surface area contributed by atoms with Crippen LogP contribution in [0.1, 0.15) is 75.2 Å². The molecule has 1 saturated carbocycles. The molecule has 48 heavy (non-hydrogen) atoms. The van der Waals surface area contributed by atoms with Gasteiger partial charge in [0.25, 0.3) is 0 Å². The molecule has 0 atom stereocenters. The smallest absolute Gasteiger partial charge is 0.435 e. The molecule has 1 aliphatic heterocycles. The molecule has 1 aliphatic carbocycles. The number of carbonyl (C=O) groups is 1. The minimum absolute atomic E-state index is 0.109. The van der Waals surface area contributed by atoms with Crippen LogP contribution < -0.4 is 0 Å². The number of halogens is 8. The zero-order valence-corrected chi connectivity index (χ0v) is 26.8. The third-order valence-corrected chi connectivity index (χ3v) is 11.4. The van der Waals surface area contributed by atoms with Gasteiger partial charge in [-0.1, -0.05) is 29.5 Å². The highest BCUT2D eigenvalue weighted by Crippen LogP contribution is 2.54. The molecule has 1 saturated heterocycles. The molecule has 2 aliphatic rings. The SMILES string of the molecule is CC(C)(C)OC(=O)N1CC(c2cn(C3CCC(c4ccc(C(F)(C(F)(F)F)C(F)(F)F)cc4)(S(=O)(=O)c4ccc(F)cc4)CC3)nn2)C1. The van der Waals surface area contributed by atoms with E-state index in [0.717, 1.165) is 36.4 Å². The Morgan fingerprint density at radius 3 is 1.92 bits per heavy atom. The average molecular weight is 709 g/mol. The molecule has 1 aromatic heterocycles. The van der Waals surface area contributed by atoms with Crippen LogP contribution >= 0.6 is 0 Å². The highest BCUT2D eigenvalue weighted by molar-refractivity contribution is 7.92. The fourth-order valence-corrected chi connectivity index (χ4v) is 8.34. The van der Waals surface area contributed by atoms with Gasteiger partial charge in [-0.15, -0.1) is 5.10 Å². The number of alkyl halides is 7. The quantitative estimate of drug-likeness (QED) is 0.194. The van der Waals surface area contributed by atoms with Crippen LogP contribution in [0.3, 0.4) is 0 Å². The molecule has 0 spiro atoms. The van der Waals surface area contributed by atoms with E-state index in [0.29, 0.717) is 30.9 Å². The number of sulfone groups is 1.